The van der Waals surface area contributed by atoms with Crippen LogP contribution >= 0.6 is 0 Å². The third kappa shape index (κ3) is 2.82. The van der Waals surface area contributed by atoms with Gasteiger partial charge in [-0.05, 0) is 19.3 Å². The van der Waals surface area contributed by atoms with Crippen molar-refractivity contribution in [3.05, 3.63) is 0 Å². The van der Waals surface area contributed by atoms with Crippen LogP contribution in [0, 0.1) is 11.8 Å². The SMILES string of the molecule is COC(=O)[C@@H](C)C[C@H]1CCCCC1=O. The Kier molecular flexibility index (Phi) is 4.11. The van der Waals surface area contributed by atoms with Crippen molar-refractivity contribution in [3.63, 3.8) is 0 Å². The van der Waals surface area contributed by atoms with E-state index in [4.69, 9.17) is 0 Å². The van der Waals surface area contributed by atoms with Gasteiger partial charge in [0, 0.05) is 12.3 Å². The largest absolute Gasteiger partial charge is 0.469 e. The molecule has 0 amide bonds. The number of esters is 1. The van der Waals surface area contributed by atoms with Crippen LogP contribution < -0.4 is 0 Å². The van der Waals surface area contributed by atoms with Crippen molar-refractivity contribution < 1.29 is 14.3 Å². The highest BCUT2D eigenvalue weighted by atomic mass is 16.5. The van der Waals surface area contributed by atoms with Crippen LogP contribution in [0.4, 0.5) is 0 Å². The van der Waals surface area contributed by atoms with Crippen LogP contribution in [0.2, 0.25) is 0 Å². The fourth-order valence-corrected chi connectivity index (χ4v) is 2.03. The summed E-state index contributed by atoms with van der Waals surface area (Å²) in [5, 5.41) is 0. The second kappa shape index (κ2) is 5.13. The Bertz CT molecular complexity index is 223. The molecule has 80 valence electrons. The molecule has 14 heavy (non-hydrogen) atoms. The molecule has 1 aliphatic carbocycles. The first-order valence-electron chi connectivity index (χ1n) is 5.25. The van der Waals surface area contributed by atoms with Crippen LogP contribution in [0.15, 0.2) is 0 Å². The van der Waals surface area contributed by atoms with E-state index in [0.29, 0.717) is 18.6 Å². The maximum absolute atomic E-state index is 11.5. The third-order valence-electron chi connectivity index (χ3n) is 2.92. The van der Waals surface area contributed by atoms with Crippen molar-refractivity contribution in [2.24, 2.45) is 11.8 Å². The zero-order valence-electron chi connectivity index (χ0n) is 8.91. The average Bonchev–Trinajstić information content (AvgIpc) is 2.20. The van der Waals surface area contributed by atoms with E-state index in [1.165, 1.54) is 7.11 Å². The van der Waals surface area contributed by atoms with Crippen LogP contribution in [-0.2, 0) is 14.3 Å². The highest BCUT2D eigenvalue weighted by Crippen LogP contribution is 2.26. The molecule has 1 aliphatic rings. The molecule has 0 aliphatic heterocycles. The molecule has 0 aromatic heterocycles. The first-order chi connectivity index (χ1) is 6.65. The summed E-state index contributed by atoms with van der Waals surface area (Å²) in [5.74, 6) is 0.0697. The van der Waals surface area contributed by atoms with Gasteiger partial charge in [-0.2, -0.15) is 0 Å². The van der Waals surface area contributed by atoms with Crippen molar-refractivity contribution in [2.75, 3.05) is 7.11 Å². The quantitative estimate of drug-likeness (QED) is 0.651. The standard InChI is InChI=1S/C11H18O3/c1-8(11(13)14-2)7-9-5-3-4-6-10(9)12/h8-9H,3-7H2,1-2H3/t8-,9+/m0/s1. The van der Waals surface area contributed by atoms with Gasteiger partial charge in [0.1, 0.15) is 5.78 Å². The van der Waals surface area contributed by atoms with Crippen molar-refractivity contribution in [3.8, 4) is 0 Å². The summed E-state index contributed by atoms with van der Waals surface area (Å²) < 4.78 is 4.64. The smallest absolute Gasteiger partial charge is 0.308 e. The predicted molar refractivity (Wildman–Crippen MR) is 52.8 cm³/mol. The van der Waals surface area contributed by atoms with Crippen molar-refractivity contribution in [1.29, 1.82) is 0 Å². The highest BCUT2D eigenvalue weighted by molar-refractivity contribution is 5.82. The van der Waals surface area contributed by atoms with Gasteiger partial charge < -0.3 is 4.74 Å². The van der Waals surface area contributed by atoms with Gasteiger partial charge in [-0.1, -0.05) is 13.3 Å². The van der Waals surface area contributed by atoms with E-state index < -0.39 is 0 Å². The number of Topliss-reactive ketones (excluding diaryl/α,β-unsaturated/α-hetero) is 1. The number of ketones is 1. The van der Waals surface area contributed by atoms with Gasteiger partial charge in [0.15, 0.2) is 0 Å². The topological polar surface area (TPSA) is 43.4 Å². The molecule has 2 atom stereocenters. The summed E-state index contributed by atoms with van der Waals surface area (Å²) in [5.41, 5.74) is 0. The van der Waals surface area contributed by atoms with E-state index in [-0.39, 0.29) is 17.8 Å². The van der Waals surface area contributed by atoms with Crippen LogP contribution in [0.5, 0.6) is 0 Å². The molecule has 0 heterocycles. The Hall–Kier alpha value is -0.860. The Labute approximate surface area is 84.8 Å². The molecule has 0 aromatic rings. The summed E-state index contributed by atoms with van der Waals surface area (Å²) in [7, 11) is 1.39. The number of hydrogen-bond acceptors (Lipinski definition) is 3. The lowest BCUT2D eigenvalue weighted by Crippen LogP contribution is -2.24. The van der Waals surface area contributed by atoms with Crippen LogP contribution in [0.1, 0.15) is 39.0 Å². The molecule has 0 spiro atoms. The number of carbonyl (C=O) groups is 2. The summed E-state index contributed by atoms with van der Waals surface area (Å²) in [6.45, 7) is 1.83. The molecule has 0 bridgehead atoms. The molecule has 1 rings (SSSR count). The zero-order chi connectivity index (χ0) is 10.6. The Morgan fingerprint density at radius 1 is 1.57 bits per heavy atom. The molecule has 1 fully saturated rings. The fraction of sp³-hybridized carbons (Fsp3) is 0.818. The van der Waals surface area contributed by atoms with Gasteiger partial charge in [-0.25, -0.2) is 0 Å². The van der Waals surface area contributed by atoms with Gasteiger partial charge in [0.25, 0.3) is 0 Å². The van der Waals surface area contributed by atoms with E-state index in [0.717, 1.165) is 19.3 Å². The number of carbonyl (C=O) groups excluding carboxylic acids is 2. The lowest BCUT2D eigenvalue weighted by molar-refractivity contribution is -0.145. The molecule has 3 nitrogen and oxygen atoms in total. The Morgan fingerprint density at radius 3 is 2.86 bits per heavy atom. The molecule has 1 saturated carbocycles. The predicted octanol–water partition coefficient (Wildman–Crippen LogP) is 1.94. The molecule has 0 unspecified atom stereocenters. The van der Waals surface area contributed by atoms with E-state index in [9.17, 15) is 9.59 Å². The van der Waals surface area contributed by atoms with Crippen LogP contribution in [0.3, 0.4) is 0 Å². The van der Waals surface area contributed by atoms with Crippen molar-refractivity contribution in [2.45, 2.75) is 39.0 Å². The molecule has 3 heteroatoms. The van der Waals surface area contributed by atoms with Gasteiger partial charge in [0.05, 0.1) is 13.0 Å². The molecule has 0 saturated heterocycles. The van der Waals surface area contributed by atoms with E-state index in [1.807, 2.05) is 6.92 Å². The van der Waals surface area contributed by atoms with Crippen LogP contribution in [-0.4, -0.2) is 18.9 Å². The van der Waals surface area contributed by atoms with Crippen molar-refractivity contribution >= 4 is 11.8 Å². The minimum absolute atomic E-state index is 0.0952. The van der Waals surface area contributed by atoms with E-state index in [2.05, 4.69) is 4.74 Å². The summed E-state index contributed by atoms with van der Waals surface area (Å²) >= 11 is 0. The Balaban J connectivity index is 2.42. The normalized spacial score (nSPS) is 24.4. The molecule has 0 radical (unpaired) electrons. The Morgan fingerprint density at radius 2 is 2.29 bits per heavy atom. The second-order valence-electron chi connectivity index (χ2n) is 4.07. The van der Waals surface area contributed by atoms with Crippen LogP contribution in [0.25, 0.3) is 0 Å². The number of hydrogen-bond donors (Lipinski definition) is 0. The average molecular weight is 198 g/mol. The molecule has 0 N–H and O–H groups in total. The second-order valence-corrected chi connectivity index (χ2v) is 4.07. The number of ether oxygens (including phenoxy) is 1. The van der Waals surface area contributed by atoms with E-state index >= 15 is 0 Å². The molecular formula is C11H18O3. The molecule has 0 aromatic carbocycles. The minimum atomic E-state index is -0.205. The maximum Gasteiger partial charge on any atom is 0.308 e. The lowest BCUT2D eigenvalue weighted by atomic mass is 9.82. The summed E-state index contributed by atoms with van der Waals surface area (Å²) in [6, 6.07) is 0. The van der Waals surface area contributed by atoms with Gasteiger partial charge in [-0.3, -0.25) is 9.59 Å². The zero-order valence-corrected chi connectivity index (χ0v) is 8.91. The first-order valence-corrected chi connectivity index (χ1v) is 5.25. The number of rotatable bonds is 3. The van der Waals surface area contributed by atoms with E-state index in [1.54, 1.807) is 0 Å². The van der Waals surface area contributed by atoms with Gasteiger partial charge >= 0.3 is 5.97 Å². The monoisotopic (exact) mass is 198 g/mol. The van der Waals surface area contributed by atoms with Gasteiger partial charge in [-0.15, -0.1) is 0 Å². The highest BCUT2D eigenvalue weighted by Gasteiger charge is 2.26. The lowest BCUT2D eigenvalue weighted by Gasteiger charge is -2.22. The fourth-order valence-electron chi connectivity index (χ4n) is 2.03. The first kappa shape index (κ1) is 11.2. The maximum atomic E-state index is 11.5. The number of methoxy groups -OCH3 is 1. The third-order valence-corrected chi connectivity index (χ3v) is 2.92. The summed E-state index contributed by atoms with van der Waals surface area (Å²) in [4.78, 5) is 22.6. The summed E-state index contributed by atoms with van der Waals surface area (Å²) in [6.07, 6.45) is 4.43. The molecular weight excluding hydrogens is 180 g/mol. The van der Waals surface area contributed by atoms with Crippen molar-refractivity contribution in [1.82, 2.24) is 0 Å². The van der Waals surface area contributed by atoms with Gasteiger partial charge in [0.2, 0.25) is 0 Å². The minimum Gasteiger partial charge on any atom is -0.469 e.